The zero-order valence-electron chi connectivity index (χ0n) is 19.0. The average molecular weight is 471 g/mol. The summed E-state index contributed by atoms with van der Waals surface area (Å²) < 4.78 is 27.9. The second kappa shape index (κ2) is 8.19. The number of carbonyl (C=O) groups excluding carboxylic acids is 3. The molecule has 180 valence electrons. The van der Waals surface area contributed by atoms with Crippen LogP contribution in [0.3, 0.4) is 0 Å². The number of esters is 1. The van der Waals surface area contributed by atoms with Gasteiger partial charge in [0.15, 0.2) is 34.5 Å². The Labute approximate surface area is 194 Å². The van der Waals surface area contributed by atoms with Crippen molar-refractivity contribution in [3.63, 3.8) is 0 Å². The molecule has 0 radical (unpaired) electrons. The lowest BCUT2D eigenvalue weighted by Crippen LogP contribution is -2.43. The van der Waals surface area contributed by atoms with Gasteiger partial charge in [0, 0.05) is 37.8 Å². The minimum atomic E-state index is -1.69. The molecule has 1 aromatic heterocycles. The van der Waals surface area contributed by atoms with Gasteiger partial charge in [0.1, 0.15) is 11.8 Å². The van der Waals surface area contributed by atoms with Crippen molar-refractivity contribution in [2.45, 2.75) is 50.8 Å². The number of aromatic nitrogens is 1. The number of rotatable bonds is 5. The minimum absolute atomic E-state index is 0.0169. The lowest BCUT2D eigenvalue weighted by molar-refractivity contribution is -0.160. The number of ether oxygens (including phenoxy) is 2. The number of pyridine rings is 1. The number of benzene rings is 1. The lowest BCUT2D eigenvalue weighted by atomic mass is 9.89. The third-order valence-corrected chi connectivity index (χ3v) is 6.77. The number of Topliss-reactive ketones (excluding diaryl/α,β-unsaturated/α-hetero) is 2. The Morgan fingerprint density at radius 3 is 2.56 bits per heavy atom. The Balaban J connectivity index is 1.70. The number of nitrogens with two attached hydrogens (primary N) is 1. The summed E-state index contributed by atoms with van der Waals surface area (Å²) in [5, 5.41) is -0.0376. The van der Waals surface area contributed by atoms with Gasteiger partial charge in [0.2, 0.25) is 0 Å². The van der Waals surface area contributed by atoms with E-state index in [1.54, 1.807) is 16.4 Å². The molecule has 2 N–H and O–H groups in total. The second-order valence-corrected chi connectivity index (χ2v) is 9.36. The molecule has 3 atom stereocenters. The van der Waals surface area contributed by atoms with Crippen molar-refractivity contribution in [3.05, 3.63) is 33.9 Å². The maximum absolute atomic E-state index is 15.4. The van der Waals surface area contributed by atoms with Gasteiger partial charge in [0.05, 0.1) is 23.6 Å². The third kappa shape index (κ3) is 3.56. The summed E-state index contributed by atoms with van der Waals surface area (Å²) in [6.07, 6.45) is 2.96. The van der Waals surface area contributed by atoms with Crippen molar-refractivity contribution >= 4 is 34.1 Å². The van der Waals surface area contributed by atoms with E-state index in [0.29, 0.717) is 25.0 Å². The van der Waals surface area contributed by atoms with E-state index in [0.717, 1.165) is 18.9 Å². The number of carbonyl (C=O) groups is 3. The molecule has 3 heterocycles. The number of anilines is 1. The molecule has 0 bridgehead atoms. The monoisotopic (exact) mass is 471 g/mol. The highest BCUT2D eigenvalue weighted by molar-refractivity contribution is 6.23. The van der Waals surface area contributed by atoms with Gasteiger partial charge in [-0.2, -0.15) is 0 Å². The van der Waals surface area contributed by atoms with Crippen LogP contribution in [0.2, 0.25) is 0 Å². The van der Waals surface area contributed by atoms with E-state index in [4.69, 9.17) is 15.2 Å². The van der Waals surface area contributed by atoms with Crippen molar-refractivity contribution in [2.75, 3.05) is 25.1 Å². The highest BCUT2D eigenvalue weighted by atomic mass is 19.1. The number of fused-ring (bicyclic) bond motifs is 1. The van der Waals surface area contributed by atoms with Gasteiger partial charge in [-0.25, -0.2) is 4.39 Å². The summed E-state index contributed by atoms with van der Waals surface area (Å²) >= 11 is 0. The van der Waals surface area contributed by atoms with E-state index in [2.05, 4.69) is 0 Å². The van der Waals surface area contributed by atoms with E-state index in [1.807, 2.05) is 0 Å². The minimum Gasteiger partial charge on any atom is -0.492 e. The first-order valence-corrected chi connectivity index (χ1v) is 11.4. The number of cyclic esters (lactones) is 1. The Kier molecular flexibility index (Phi) is 5.43. The molecule has 3 aliphatic rings. The van der Waals surface area contributed by atoms with Gasteiger partial charge < -0.3 is 24.7 Å². The molecule has 0 spiro atoms. The predicted octanol–water partition coefficient (Wildman–Crippen LogP) is 1.72. The van der Waals surface area contributed by atoms with Gasteiger partial charge in [0.25, 0.3) is 0 Å². The average Bonchev–Trinajstić information content (AvgIpc) is 3.53. The number of hydrogen-bond donors (Lipinski definition) is 1. The van der Waals surface area contributed by atoms with Gasteiger partial charge in [-0.15, -0.1) is 0 Å². The van der Waals surface area contributed by atoms with Crippen LogP contribution >= 0.6 is 0 Å². The normalized spacial score (nSPS) is 25.1. The van der Waals surface area contributed by atoms with Gasteiger partial charge in [-0.1, -0.05) is 0 Å². The largest absolute Gasteiger partial charge is 0.492 e. The SMILES string of the molecule is COc1c(N2CCC(N)C2)c(F)cc2c(=O)c(C(=O)C3C(=O)CC(C)OC3=O)cn(C3CC3)c12. The molecule has 34 heavy (non-hydrogen) atoms. The van der Waals surface area contributed by atoms with Crippen LogP contribution in [-0.2, 0) is 14.3 Å². The molecular weight excluding hydrogens is 445 g/mol. The summed E-state index contributed by atoms with van der Waals surface area (Å²) in [6.45, 7) is 2.56. The number of methoxy groups -OCH3 is 1. The summed E-state index contributed by atoms with van der Waals surface area (Å²) in [5.74, 6) is -4.62. The second-order valence-electron chi connectivity index (χ2n) is 9.36. The zero-order chi connectivity index (χ0) is 24.3. The predicted molar refractivity (Wildman–Crippen MR) is 121 cm³/mol. The van der Waals surface area contributed by atoms with Crippen molar-refractivity contribution in [2.24, 2.45) is 11.7 Å². The van der Waals surface area contributed by atoms with Crippen molar-refractivity contribution in [3.8, 4) is 5.75 Å². The molecule has 0 amide bonds. The molecule has 3 unspecified atom stereocenters. The van der Waals surface area contributed by atoms with E-state index in [9.17, 15) is 19.2 Å². The van der Waals surface area contributed by atoms with Crippen LogP contribution in [0.5, 0.6) is 5.75 Å². The van der Waals surface area contributed by atoms with Crippen LogP contribution in [0.15, 0.2) is 17.1 Å². The van der Waals surface area contributed by atoms with Crippen molar-refractivity contribution in [1.29, 1.82) is 0 Å². The lowest BCUT2D eigenvalue weighted by Gasteiger charge is -2.25. The Bertz CT molecular complexity index is 1270. The summed E-state index contributed by atoms with van der Waals surface area (Å²) in [7, 11) is 1.41. The van der Waals surface area contributed by atoms with Gasteiger partial charge in [-0.3, -0.25) is 19.2 Å². The molecule has 3 fully saturated rings. The number of hydrogen-bond acceptors (Lipinski definition) is 8. The molecule has 2 aliphatic heterocycles. The molecule has 9 nitrogen and oxygen atoms in total. The number of halogens is 1. The zero-order valence-corrected chi connectivity index (χ0v) is 19.0. The third-order valence-electron chi connectivity index (χ3n) is 6.77. The van der Waals surface area contributed by atoms with E-state index < -0.39 is 40.8 Å². The van der Waals surface area contributed by atoms with E-state index in [-0.39, 0.29) is 40.9 Å². The molecule has 1 aliphatic carbocycles. The van der Waals surface area contributed by atoms with E-state index >= 15 is 4.39 Å². The standard InChI is InChI=1S/C24H26FN3O6/c1-11-7-17(29)18(24(32)34-11)22(31)15-10-28(13-3-4-13)19-14(21(15)30)8-16(25)20(23(19)33-2)27-6-5-12(26)9-27/h8,10-13,18H,3-7,9,26H2,1-2H3. The molecule has 5 rings (SSSR count). The number of ketones is 2. The number of nitrogens with zero attached hydrogens (tertiary/aromatic N) is 2. The first kappa shape index (κ1) is 22.5. The molecule has 1 saturated carbocycles. The highest BCUT2D eigenvalue weighted by Crippen LogP contribution is 2.44. The van der Waals surface area contributed by atoms with Gasteiger partial charge in [-0.05, 0) is 32.3 Å². The molecular formula is C24H26FN3O6. The molecule has 1 aromatic carbocycles. The quantitative estimate of drug-likeness (QED) is 0.398. The Morgan fingerprint density at radius 1 is 1.24 bits per heavy atom. The van der Waals surface area contributed by atoms with Crippen molar-refractivity contribution in [1.82, 2.24) is 4.57 Å². The summed E-state index contributed by atoms with van der Waals surface area (Å²) in [5.41, 5.74) is 5.55. The topological polar surface area (TPSA) is 121 Å². The van der Waals surface area contributed by atoms with Crippen molar-refractivity contribution < 1.29 is 28.2 Å². The smallest absolute Gasteiger partial charge is 0.324 e. The molecule has 2 aromatic rings. The van der Waals surface area contributed by atoms with Crippen LogP contribution in [0, 0.1) is 11.7 Å². The molecule has 10 heteroatoms. The fourth-order valence-corrected chi connectivity index (χ4v) is 4.99. The first-order chi connectivity index (χ1) is 16.2. The van der Waals surface area contributed by atoms with Crippen LogP contribution < -0.4 is 20.8 Å². The van der Waals surface area contributed by atoms with E-state index in [1.165, 1.54) is 13.3 Å². The van der Waals surface area contributed by atoms with Crippen LogP contribution in [0.25, 0.3) is 10.9 Å². The van der Waals surface area contributed by atoms with Crippen LogP contribution in [-0.4, -0.2) is 54.4 Å². The summed E-state index contributed by atoms with van der Waals surface area (Å²) in [6, 6.07) is 0.996. The maximum atomic E-state index is 15.4. The Hall–Kier alpha value is -3.27. The van der Waals surface area contributed by atoms with Crippen LogP contribution in [0.1, 0.15) is 49.0 Å². The fraction of sp³-hybridized carbons (Fsp3) is 0.500. The van der Waals surface area contributed by atoms with Gasteiger partial charge >= 0.3 is 5.97 Å². The van der Waals surface area contributed by atoms with Crippen LogP contribution in [0.4, 0.5) is 10.1 Å². The fourth-order valence-electron chi connectivity index (χ4n) is 4.99. The first-order valence-electron chi connectivity index (χ1n) is 11.4. The summed E-state index contributed by atoms with van der Waals surface area (Å²) in [4.78, 5) is 53.3. The molecule has 2 saturated heterocycles. The highest BCUT2D eigenvalue weighted by Gasteiger charge is 2.43. The maximum Gasteiger partial charge on any atom is 0.324 e. The Morgan fingerprint density at radius 2 is 1.97 bits per heavy atom.